The van der Waals surface area contributed by atoms with Crippen LogP contribution in [0, 0.1) is 0 Å². The molecule has 0 amide bonds. The third-order valence-electron chi connectivity index (χ3n) is 1.90. The largest absolute Gasteiger partial charge is 0.507 e. The van der Waals surface area contributed by atoms with Crippen LogP contribution in [0.3, 0.4) is 0 Å². The number of carboxylic acids is 2. The second-order valence-corrected chi connectivity index (χ2v) is 3.38. The molecule has 0 heterocycles. The van der Waals surface area contributed by atoms with Crippen LogP contribution < -0.4 is 0 Å². The monoisotopic (exact) mass is 332 g/mol. The van der Waals surface area contributed by atoms with Gasteiger partial charge in [0.1, 0.15) is 11.3 Å². The summed E-state index contributed by atoms with van der Waals surface area (Å²) in [5, 5.41) is 26.2. The van der Waals surface area contributed by atoms with Gasteiger partial charge in [-0.05, 0) is 12.1 Å². The third kappa shape index (κ3) is 5.34. The van der Waals surface area contributed by atoms with Crippen LogP contribution in [0.2, 0.25) is 0 Å². The zero-order valence-corrected chi connectivity index (χ0v) is 10.2. The second-order valence-electron chi connectivity index (χ2n) is 3.38. The normalized spacial score (nSPS) is 10.3. The molecule has 0 bridgehead atoms. The van der Waals surface area contributed by atoms with E-state index in [4.69, 9.17) is 15.3 Å². The summed E-state index contributed by atoms with van der Waals surface area (Å²) in [6.07, 6.45) is -8.90. The Balaban J connectivity index is 0.000000433. The Kier molecular flexibility index (Phi) is 6.43. The van der Waals surface area contributed by atoms with Crippen LogP contribution in [-0.2, 0) is 0 Å². The smallest absolute Gasteiger partial charge is 0.448 e. The van der Waals surface area contributed by atoms with Crippen molar-refractivity contribution >= 4 is 11.9 Å². The van der Waals surface area contributed by atoms with Gasteiger partial charge in [0.05, 0.1) is 5.56 Å². The Morgan fingerprint density at radius 1 is 0.955 bits per heavy atom. The topological polar surface area (TPSA) is 94.8 Å². The van der Waals surface area contributed by atoms with Gasteiger partial charge in [0.15, 0.2) is 0 Å². The van der Waals surface area contributed by atoms with Gasteiger partial charge >= 0.3 is 24.2 Å². The summed E-state index contributed by atoms with van der Waals surface area (Å²) in [6.45, 7) is 0. The molecule has 0 aliphatic heterocycles. The van der Waals surface area contributed by atoms with Gasteiger partial charge < -0.3 is 15.3 Å². The molecule has 0 aliphatic carbocycles. The first-order chi connectivity index (χ1) is 9.89. The van der Waals surface area contributed by atoms with Crippen molar-refractivity contribution in [1.82, 2.24) is 0 Å². The van der Waals surface area contributed by atoms with E-state index in [0.717, 1.165) is 12.1 Å². The van der Waals surface area contributed by atoms with Crippen molar-refractivity contribution < 1.29 is 51.3 Å². The fourth-order valence-electron chi connectivity index (χ4n) is 1.05. The molecule has 5 nitrogen and oxygen atoms in total. The van der Waals surface area contributed by atoms with Crippen LogP contribution in [-0.4, -0.2) is 33.4 Å². The van der Waals surface area contributed by atoms with E-state index in [-0.39, 0.29) is 0 Å². The van der Waals surface area contributed by atoms with Crippen molar-refractivity contribution in [2.45, 2.75) is 6.18 Å². The number of phenols is 1. The Morgan fingerprint density at radius 3 is 1.68 bits per heavy atom. The molecule has 11 heteroatoms. The number of carbonyl (C=O) groups is 2. The summed E-state index contributed by atoms with van der Waals surface area (Å²) in [4.78, 5) is 21.0. The quantitative estimate of drug-likeness (QED) is 0.722. The van der Waals surface area contributed by atoms with Crippen LogP contribution in [0.1, 0.15) is 20.7 Å². The average molecular weight is 332 g/mol. The number of allylic oxidation sites excluding steroid dienone is 1. The van der Waals surface area contributed by atoms with E-state index in [1.54, 1.807) is 0 Å². The maximum atomic E-state index is 11.0. The van der Waals surface area contributed by atoms with E-state index in [1.807, 2.05) is 0 Å². The lowest BCUT2D eigenvalue weighted by Crippen LogP contribution is -2.08. The van der Waals surface area contributed by atoms with Crippen molar-refractivity contribution in [3.8, 4) is 5.75 Å². The van der Waals surface area contributed by atoms with Gasteiger partial charge in [0.25, 0.3) is 5.83 Å². The highest BCUT2D eigenvalue weighted by Crippen LogP contribution is 2.29. The first-order valence-electron chi connectivity index (χ1n) is 4.96. The molecule has 0 atom stereocenters. The number of benzene rings is 1. The minimum atomic E-state index is -5.56. The molecule has 122 valence electrons. The fraction of sp³-hybridized carbons (Fsp3) is 0.0909. The molecule has 0 fully saturated rings. The summed E-state index contributed by atoms with van der Waals surface area (Å²) in [5.74, 6) is -6.72. The summed E-state index contributed by atoms with van der Waals surface area (Å²) < 4.78 is 64.8. The van der Waals surface area contributed by atoms with E-state index >= 15 is 0 Å². The van der Waals surface area contributed by atoms with Gasteiger partial charge in [-0.2, -0.15) is 26.3 Å². The molecular formula is C11H6F6O5. The zero-order valence-electron chi connectivity index (χ0n) is 10.2. The predicted molar refractivity (Wildman–Crippen MR) is 58.4 cm³/mol. The molecule has 0 unspecified atom stereocenters. The summed E-state index contributed by atoms with van der Waals surface area (Å²) in [5.41, 5.74) is -1.01. The molecule has 3 N–H and O–H groups in total. The Bertz CT molecular complexity index is 603. The summed E-state index contributed by atoms with van der Waals surface area (Å²) in [7, 11) is 0. The molecule has 0 aliphatic rings. The molecule has 1 aromatic rings. The van der Waals surface area contributed by atoms with E-state index in [9.17, 15) is 35.9 Å². The Hall–Kier alpha value is -2.72. The van der Waals surface area contributed by atoms with Gasteiger partial charge in [-0.3, -0.25) is 0 Å². The standard InChI is InChI=1S/C8H6O5.C3F6/c9-5-3-1-2-4(7(10)11)6(5)8(12)13;4-1(2(5)6)3(7,8)9/h1-3,9H,(H,10,11)(H,12,13);. The summed E-state index contributed by atoms with van der Waals surface area (Å²) in [6, 6.07) is 3.51. The van der Waals surface area contributed by atoms with Crippen molar-refractivity contribution in [3.63, 3.8) is 0 Å². The molecule has 1 aromatic carbocycles. The Morgan fingerprint density at radius 2 is 1.45 bits per heavy atom. The molecule has 22 heavy (non-hydrogen) atoms. The number of carboxylic acid groups (broad SMARTS) is 2. The second kappa shape index (κ2) is 7.33. The molecule has 0 saturated heterocycles. The van der Waals surface area contributed by atoms with Crippen LogP contribution in [0.15, 0.2) is 30.1 Å². The highest BCUT2D eigenvalue weighted by molar-refractivity contribution is 6.03. The van der Waals surface area contributed by atoms with E-state index in [1.165, 1.54) is 6.07 Å². The van der Waals surface area contributed by atoms with Crippen LogP contribution >= 0.6 is 0 Å². The van der Waals surface area contributed by atoms with Crippen LogP contribution in [0.4, 0.5) is 26.3 Å². The number of aromatic hydroxyl groups is 1. The molecule has 0 saturated carbocycles. The zero-order chi connectivity index (χ0) is 17.7. The van der Waals surface area contributed by atoms with Crippen LogP contribution in [0.25, 0.3) is 0 Å². The lowest BCUT2D eigenvalue weighted by molar-refractivity contribution is -0.113. The number of rotatable bonds is 2. The minimum Gasteiger partial charge on any atom is -0.507 e. The molecule has 1 rings (SSSR count). The molecule has 0 radical (unpaired) electrons. The first kappa shape index (κ1) is 19.3. The van der Waals surface area contributed by atoms with Crippen molar-refractivity contribution in [2.24, 2.45) is 0 Å². The van der Waals surface area contributed by atoms with Crippen molar-refractivity contribution in [1.29, 1.82) is 0 Å². The number of alkyl halides is 3. The third-order valence-corrected chi connectivity index (χ3v) is 1.90. The van der Waals surface area contributed by atoms with Crippen LogP contribution in [0.5, 0.6) is 5.75 Å². The van der Waals surface area contributed by atoms with Gasteiger partial charge in [-0.1, -0.05) is 6.07 Å². The lowest BCUT2D eigenvalue weighted by Gasteiger charge is -2.02. The molecule has 0 aromatic heterocycles. The number of halogens is 6. The maximum absolute atomic E-state index is 11.0. The predicted octanol–water partition coefficient (Wildman–Crippen LogP) is 3.41. The minimum absolute atomic E-state index is 0.424. The van der Waals surface area contributed by atoms with Crippen molar-refractivity contribution in [2.75, 3.05) is 0 Å². The first-order valence-corrected chi connectivity index (χ1v) is 4.96. The Labute approximate surface area is 117 Å². The van der Waals surface area contributed by atoms with E-state index in [0.29, 0.717) is 0 Å². The van der Waals surface area contributed by atoms with Gasteiger partial charge in [0.2, 0.25) is 0 Å². The maximum Gasteiger partial charge on any atom is 0.448 e. The fourth-order valence-corrected chi connectivity index (χ4v) is 1.05. The molecule has 0 spiro atoms. The number of hydrogen-bond donors (Lipinski definition) is 3. The summed E-state index contributed by atoms with van der Waals surface area (Å²) >= 11 is 0. The lowest BCUT2D eigenvalue weighted by atomic mass is 10.1. The number of aromatic carboxylic acids is 2. The SMILES string of the molecule is FC(F)=C(F)C(F)(F)F.O=C(O)c1cccc(O)c1C(=O)O. The average Bonchev–Trinajstić information content (AvgIpc) is 2.36. The molecular weight excluding hydrogens is 326 g/mol. The highest BCUT2D eigenvalue weighted by atomic mass is 19.4. The van der Waals surface area contributed by atoms with Gasteiger partial charge in [-0.15, -0.1) is 0 Å². The number of hydrogen-bond acceptors (Lipinski definition) is 3. The van der Waals surface area contributed by atoms with E-state index in [2.05, 4.69) is 0 Å². The van der Waals surface area contributed by atoms with Crippen molar-refractivity contribution in [3.05, 3.63) is 41.2 Å². The van der Waals surface area contributed by atoms with Gasteiger partial charge in [0, 0.05) is 0 Å². The van der Waals surface area contributed by atoms with E-state index < -0.39 is 46.9 Å². The highest BCUT2D eigenvalue weighted by Gasteiger charge is 2.38. The van der Waals surface area contributed by atoms with Gasteiger partial charge in [-0.25, -0.2) is 9.59 Å².